The molecule has 30 heavy (non-hydrogen) atoms. The van der Waals surface area contributed by atoms with Gasteiger partial charge < -0.3 is 15.4 Å². The highest BCUT2D eigenvalue weighted by atomic mass is 19.1. The lowest BCUT2D eigenvalue weighted by atomic mass is 9.98. The number of rotatable bonds is 7. The maximum atomic E-state index is 14.7. The van der Waals surface area contributed by atoms with E-state index >= 15 is 0 Å². The number of hydrogen-bond donors (Lipinski definition) is 2. The van der Waals surface area contributed by atoms with E-state index in [1.54, 1.807) is 12.1 Å². The fraction of sp³-hybridized carbons (Fsp3) is 0.320. The van der Waals surface area contributed by atoms with Crippen molar-refractivity contribution in [1.29, 1.82) is 0 Å². The molecule has 1 aliphatic heterocycles. The van der Waals surface area contributed by atoms with Gasteiger partial charge in [0.1, 0.15) is 11.6 Å². The van der Waals surface area contributed by atoms with Gasteiger partial charge in [-0.25, -0.2) is 4.39 Å². The minimum atomic E-state index is -0.373. The molecule has 0 saturated carbocycles. The largest absolute Gasteiger partial charge is 0.493 e. The molecule has 1 aliphatic rings. The van der Waals surface area contributed by atoms with Gasteiger partial charge in [-0.15, -0.1) is 0 Å². The smallest absolute Gasteiger partial charge is 0.255 e. The van der Waals surface area contributed by atoms with Crippen molar-refractivity contribution in [2.24, 2.45) is 0 Å². The minimum absolute atomic E-state index is 0.288. The zero-order valence-electron chi connectivity index (χ0n) is 17.8. The lowest BCUT2D eigenvalue weighted by Gasteiger charge is -2.16. The van der Waals surface area contributed by atoms with Crippen LogP contribution in [-0.2, 0) is 0 Å². The summed E-state index contributed by atoms with van der Waals surface area (Å²) in [7, 11) is 0. The first kappa shape index (κ1) is 21.8. The Morgan fingerprint density at radius 3 is 2.70 bits per heavy atom. The summed E-state index contributed by atoms with van der Waals surface area (Å²) >= 11 is 0. The Bertz CT molecular complexity index is 979. The molecule has 0 saturated heterocycles. The van der Waals surface area contributed by atoms with Crippen molar-refractivity contribution in [3.63, 3.8) is 0 Å². The predicted molar refractivity (Wildman–Crippen MR) is 121 cm³/mol. The van der Waals surface area contributed by atoms with Crippen LogP contribution in [0, 0.1) is 5.82 Å². The second kappa shape index (κ2) is 10.2. The number of carbonyl (C=O) groups excluding carboxylic acids is 1. The number of anilines is 1. The Morgan fingerprint density at radius 1 is 1.23 bits per heavy atom. The summed E-state index contributed by atoms with van der Waals surface area (Å²) in [5, 5.41) is 6.07. The highest BCUT2D eigenvalue weighted by molar-refractivity contribution is 6.04. The molecule has 5 heteroatoms. The molecule has 3 rings (SSSR count). The number of nitrogens with one attached hydrogen (secondary N) is 2. The van der Waals surface area contributed by atoms with Crippen LogP contribution >= 0.6 is 0 Å². The standard InChI is InChI=1S/C25H29FN2O2/c1-4-17(5-2)22-10-8-20(16-24(22)30-6-3)28-25(29)19-7-9-21(23(26)15-19)18-11-13-27-14-12-18/h4,7-11,15-16,27H,5-6,12-14H2,1-3H3,(H,28,29)/b17-4+. The number of amides is 1. The first-order valence-corrected chi connectivity index (χ1v) is 10.5. The monoisotopic (exact) mass is 408 g/mol. The minimum Gasteiger partial charge on any atom is -0.493 e. The number of ether oxygens (including phenoxy) is 1. The Kier molecular flexibility index (Phi) is 7.41. The molecule has 2 N–H and O–H groups in total. The van der Waals surface area contributed by atoms with Gasteiger partial charge in [-0.2, -0.15) is 0 Å². The maximum Gasteiger partial charge on any atom is 0.255 e. The van der Waals surface area contributed by atoms with Crippen LogP contribution in [0.1, 0.15) is 55.1 Å². The topological polar surface area (TPSA) is 50.4 Å². The Balaban J connectivity index is 1.81. The molecule has 0 aromatic heterocycles. The van der Waals surface area contributed by atoms with Gasteiger partial charge in [-0.1, -0.05) is 25.1 Å². The number of hydrogen-bond acceptors (Lipinski definition) is 3. The van der Waals surface area contributed by atoms with Crippen molar-refractivity contribution in [1.82, 2.24) is 5.32 Å². The van der Waals surface area contributed by atoms with E-state index in [9.17, 15) is 9.18 Å². The molecule has 0 radical (unpaired) electrons. The molecule has 0 spiro atoms. The van der Waals surface area contributed by atoms with E-state index < -0.39 is 0 Å². The van der Waals surface area contributed by atoms with Gasteiger partial charge in [0.15, 0.2) is 0 Å². The summed E-state index contributed by atoms with van der Waals surface area (Å²) in [6, 6.07) is 10.3. The van der Waals surface area contributed by atoms with Crippen LogP contribution in [0.4, 0.5) is 10.1 Å². The lowest BCUT2D eigenvalue weighted by molar-refractivity contribution is 0.102. The molecule has 158 valence electrons. The van der Waals surface area contributed by atoms with Crippen molar-refractivity contribution in [2.45, 2.75) is 33.6 Å². The summed E-state index contributed by atoms with van der Waals surface area (Å²) in [4.78, 5) is 12.7. The normalized spacial score (nSPS) is 14.3. The molecule has 0 bridgehead atoms. The third-order valence-corrected chi connectivity index (χ3v) is 5.26. The fourth-order valence-corrected chi connectivity index (χ4v) is 3.68. The summed E-state index contributed by atoms with van der Waals surface area (Å²) in [6.45, 7) is 8.13. The zero-order valence-corrected chi connectivity index (χ0v) is 17.8. The van der Waals surface area contributed by atoms with E-state index in [0.717, 1.165) is 42.8 Å². The average molecular weight is 409 g/mol. The van der Waals surface area contributed by atoms with E-state index in [1.807, 2.05) is 38.1 Å². The van der Waals surface area contributed by atoms with Crippen molar-refractivity contribution in [3.8, 4) is 5.75 Å². The van der Waals surface area contributed by atoms with E-state index in [1.165, 1.54) is 11.6 Å². The summed E-state index contributed by atoms with van der Waals surface area (Å²) in [6.07, 6.45) is 5.73. The highest BCUT2D eigenvalue weighted by Gasteiger charge is 2.15. The summed E-state index contributed by atoms with van der Waals surface area (Å²) in [5.74, 6) is 0.00290. The predicted octanol–water partition coefficient (Wildman–Crippen LogP) is 5.67. The van der Waals surface area contributed by atoms with Gasteiger partial charge in [0.05, 0.1) is 6.61 Å². The molecular formula is C25H29FN2O2. The Labute approximate surface area is 177 Å². The van der Waals surface area contributed by atoms with Crippen LogP contribution in [0.5, 0.6) is 5.75 Å². The molecule has 0 fully saturated rings. The van der Waals surface area contributed by atoms with Gasteiger partial charge in [-0.05, 0) is 68.6 Å². The van der Waals surface area contributed by atoms with E-state index in [4.69, 9.17) is 4.74 Å². The van der Waals surface area contributed by atoms with Crippen molar-refractivity contribution < 1.29 is 13.9 Å². The van der Waals surface area contributed by atoms with Crippen LogP contribution in [-0.4, -0.2) is 25.6 Å². The van der Waals surface area contributed by atoms with E-state index in [0.29, 0.717) is 17.9 Å². The molecule has 4 nitrogen and oxygen atoms in total. The van der Waals surface area contributed by atoms with Crippen molar-refractivity contribution in [2.75, 3.05) is 25.0 Å². The molecule has 2 aromatic rings. The number of halogens is 1. The van der Waals surface area contributed by atoms with E-state index in [-0.39, 0.29) is 17.3 Å². The number of allylic oxidation sites excluding steroid dienone is 2. The molecule has 2 aromatic carbocycles. The van der Waals surface area contributed by atoms with Gasteiger partial charge >= 0.3 is 0 Å². The van der Waals surface area contributed by atoms with Crippen LogP contribution in [0.15, 0.2) is 48.6 Å². The second-order valence-electron chi connectivity index (χ2n) is 7.14. The highest BCUT2D eigenvalue weighted by Crippen LogP contribution is 2.31. The van der Waals surface area contributed by atoms with Crippen LogP contribution < -0.4 is 15.4 Å². The SMILES string of the molecule is C/C=C(\CC)c1ccc(NC(=O)c2ccc(C3=CCNCC3)c(F)c2)cc1OCC. The third kappa shape index (κ3) is 4.97. The van der Waals surface area contributed by atoms with Gasteiger partial charge in [0, 0.05) is 35.0 Å². The molecule has 0 unspecified atom stereocenters. The van der Waals surface area contributed by atoms with Crippen molar-refractivity contribution in [3.05, 3.63) is 71.1 Å². The van der Waals surface area contributed by atoms with Gasteiger partial charge in [-0.3, -0.25) is 4.79 Å². The quantitative estimate of drug-likeness (QED) is 0.621. The summed E-state index contributed by atoms with van der Waals surface area (Å²) < 4.78 is 20.4. The van der Waals surface area contributed by atoms with Crippen LogP contribution in [0.25, 0.3) is 11.1 Å². The fourth-order valence-electron chi connectivity index (χ4n) is 3.68. The number of carbonyl (C=O) groups is 1. The zero-order chi connectivity index (χ0) is 21.5. The van der Waals surface area contributed by atoms with Crippen molar-refractivity contribution >= 4 is 22.7 Å². The molecule has 1 heterocycles. The average Bonchev–Trinajstić information content (AvgIpc) is 2.76. The van der Waals surface area contributed by atoms with E-state index in [2.05, 4.69) is 23.6 Å². The first-order valence-electron chi connectivity index (χ1n) is 10.5. The molecule has 0 atom stereocenters. The maximum absolute atomic E-state index is 14.7. The molecular weight excluding hydrogens is 379 g/mol. The van der Waals surface area contributed by atoms with Gasteiger partial charge in [0.25, 0.3) is 5.91 Å². The van der Waals surface area contributed by atoms with Crippen LogP contribution in [0.3, 0.4) is 0 Å². The molecule has 0 aliphatic carbocycles. The Morgan fingerprint density at radius 2 is 2.07 bits per heavy atom. The first-order chi connectivity index (χ1) is 14.6. The Hall–Kier alpha value is -2.92. The third-order valence-electron chi connectivity index (χ3n) is 5.26. The molecule has 1 amide bonds. The summed E-state index contributed by atoms with van der Waals surface area (Å²) in [5.41, 5.74) is 4.65. The van der Waals surface area contributed by atoms with Crippen LogP contribution in [0.2, 0.25) is 0 Å². The number of benzene rings is 2. The lowest BCUT2D eigenvalue weighted by Crippen LogP contribution is -2.20. The van der Waals surface area contributed by atoms with Gasteiger partial charge in [0.2, 0.25) is 0 Å². The second-order valence-corrected chi connectivity index (χ2v) is 7.14.